The number of aromatic nitrogens is 2. The van der Waals surface area contributed by atoms with Gasteiger partial charge in [-0.2, -0.15) is 5.10 Å². The van der Waals surface area contributed by atoms with Gasteiger partial charge in [-0.25, -0.2) is 4.68 Å². The molecule has 2 aromatic rings. The molecule has 4 nitrogen and oxygen atoms in total. The zero-order chi connectivity index (χ0) is 11.1. The Balaban J connectivity index is 2.21. The minimum Gasteiger partial charge on any atom is -0.382 e. The van der Waals surface area contributed by atoms with Crippen molar-refractivity contribution in [1.82, 2.24) is 15.1 Å². The Hall–Kier alpha value is -1.33. The summed E-state index contributed by atoms with van der Waals surface area (Å²) in [5, 5.41) is 7.67. The maximum atomic E-state index is 5.89. The minimum absolute atomic E-state index is 0.621. The van der Waals surface area contributed by atoms with Gasteiger partial charge in [0.2, 0.25) is 0 Å². The lowest BCUT2D eigenvalue weighted by Gasteiger charge is -2.07. The lowest BCUT2D eigenvalue weighted by molar-refractivity contribution is 0.713. The summed E-state index contributed by atoms with van der Waals surface area (Å²) in [5.74, 6) is 0.621. The summed E-state index contributed by atoms with van der Waals surface area (Å²) in [6.07, 6.45) is 0. The average Bonchev–Trinajstić information content (AvgIpc) is 2.84. The van der Waals surface area contributed by atoms with Crippen molar-refractivity contribution < 1.29 is 0 Å². The van der Waals surface area contributed by atoms with Crippen molar-refractivity contribution in [2.24, 2.45) is 0 Å². The van der Waals surface area contributed by atoms with Crippen LogP contribution in [0, 0.1) is 0 Å². The van der Waals surface area contributed by atoms with E-state index in [9.17, 15) is 0 Å². The summed E-state index contributed by atoms with van der Waals surface area (Å²) in [5.41, 5.74) is 9.20. The number of nitrogens with zero attached hydrogens (tertiary/aromatic N) is 2. The number of hydrogen-bond acceptors (Lipinski definition) is 3. The highest BCUT2D eigenvalue weighted by molar-refractivity contribution is 9.10. The molecule has 2 heterocycles. The smallest absolute Gasteiger partial charge is 0.150 e. The van der Waals surface area contributed by atoms with Gasteiger partial charge in [0.1, 0.15) is 0 Å². The Labute approximate surface area is 102 Å². The fraction of sp³-hybridized carbons (Fsp3) is 0.182. The Morgan fingerprint density at radius 3 is 2.94 bits per heavy atom. The maximum Gasteiger partial charge on any atom is 0.150 e. The van der Waals surface area contributed by atoms with Crippen molar-refractivity contribution in [3.8, 4) is 5.69 Å². The molecule has 1 aromatic carbocycles. The lowest BCUT2D eigenvalue weighted by Crippen LogP contribution is -2.08. The van der Waals surface area contributed by atoms with Gasteiger partial charge in [0.15, 0.2) is 5.82 Å². The molecule has 1 aliphatic heterocycles. The quantitative estimate of drug-likeness (QED) is 0.837. The third-order valence-electron chi connectivity index (χ3n) is 2.80. The van der Waals surface area contributed by atoms with Crippen LogP contribution in [0.25, 0.3) is 5.69 Å². The van der Waals surface area contributed by atoms with Gasteiger partial charge in [0.05, 0.1) is 11.4 Å². The molecule has 3 rings (SSSR count). The predicted molar refractivity (Wildman–Crippen MR) is 66.2 cm³/mol. The van der Waals surface area contributed by atoms with Gasteiger partial charge < -0.3 is 11.1 Å². The average molecular weight is 279 g/mol. The van der Waals surface area contributed by atoms with Crippen molar-refractivity contribution in [2.75, 3.05) is 5.73 Å². The molecule has 5 heteroatoms. The Bertz CT molecular complexity index is 547. The Morgan fingerprint density at radius 2 is 2.12 bits per heavy atom. The van der Waals surface area contributed by atoms with E-state index >= 15 is 0 Å². The SMILES string of the molecule is Nc1nn(-c2ccccc2Br)c2c1CNC2. The van der Waals surface area contributed by atoms with Crippen LogP contribution in [-0.4, -0.2) is 9.78 Å². The number of fused-ring (bicyclic) bond motifs is 1. The van der Waals surface area contributed by atoms with Crippen LogP contribution < -0.4 is 11.1 Å². The van der Waals surface area contributed by atoms with E-state index < -0.39 is 0 Å². The third kappa shape index (κ3) is 1.36. The van der Waals surface area contributed by atoms with Crippen molar-refractivity contribution >= 4 is 21.7 Å². The second kappa shape index (κ2) is 3.61. The maximum absolute atomic E-state index is 5.89. The fourth-order valence-electron chi connectivity index (χ4n) is 2.01. The van der Waals surface area contributed by atoms with E-state index in [0.29, 0.717) is 5.82 Å². The number of nitrogens with one attached hydrogen (secondary N) is 1. The number of hydrogen-bond donors (Lipinski definition) is 2. The van der Waals surface area contributed by atoms with E-state index in [1.165, 1.54) is 0 Å². The molecule has 0 saturated heterocycles. The first-order chi connectivity index (χ1) is 7.77. The molecular formula is C11H11BrN4. The molecule has 0 aliphatic carbocycles. The van der Waals surface area contributed by atoms with Gasteiger partial charge in [0.25, 0.3) is 0 Å². The fourth-order valence-corrected chi connectivity index (χ4v) is 2.46. The van der Waals surface area contributed by atoms with Gasteiger partial charge in [-0.3, -0.25) is 0 Å². The second-order valence-electron chi connectivity index (χ2n) is 3.78. The number of nitrogens with two attached hydrogens (primary N) is 1. The van der Waals surface area contributed by atoms with Gasteiger partial charge in [-0.1, -0.05) is 12.1 Å². The largest absolute Gasteiger partial charge is 0.382 e. The Kier molecular flexibility index (Phi) is 2.22. The summed E-state index contributed by atoms with van der Waals surface area (Å²) < 4.78 is 2.93. The number of para-hydroxylation sites is 1. The molecule has 0 bridgehead atoms. The van der Waals surface area contributed by atoms with Crippen LogP contribution in [0.15, 0.2) is 28.7 Å². The number of halogens is 1. The standard InChI is InChI=1S/C11H11BrN4/c12-8-3-1-2-4-9(8)16-10-6-14-5-7(10)11(13)15-16/h1-4,14H,5-6H2,(H2,13,15). The molecule has 0 saturated carbocycles. The topological polar surface area (TPSA) is 55.9 Å². The highest BCUT2D eigenvalue weighted by Gasteiger charge is 2.21. The number of nitrogen functional groups attached to an aromatic ring is 1. The van der Waals surface area contributed by atoms with Crippen LogP contribution in [0.3, 0.4) is 0 Å². The van der Waals surface area contributed by atoms with Crippen LogP contribution in [0.4, 0.5) is 5.82 Å². The molecule has 82 valence electrons. The third-order valence-corrected chi connectivity index (χ3v) is 3.47. The molecular weight excluding hydrogens is 268 g/mol. The van der Waals surface area contributed by atoms with E-state index in [0.717, 1.165) is 34.5 Å². The van der Waals surface area contributed by atoms with Gasteiger partial charge in [0, 0.05) is 23.1 Å². The van der Waals surface area contributed by atoms with Crippen molar-refractivity contribution in [1.29, 1.82) is 0 Å². The summed E-state index contributed by atoms with van der Waals surface area (Å²) >= 11 is 3.53. The summed E-state index contributed by atoms with van der Waals surface area (Å²) in [6, 6.07) is 8.00. The van der Waals surface area contributed by atoms with E-state index in [4.69, 9.17) is 5.73 Å². The molecule has 16 heavy (non-hydrogen) atoms. The molecule has 0 unspecified atom stereocenters. The van der Waals surface area contributed by atoms with Crippen LogP contribution in [-0.2, 0) is 13.1 Å². The zero-order valence-electron chi connectivity index (χ0n) is 8.57. The minimum atomic E-state index is 0.621. The highest BCUT2D eigenvalue weighted by Crippen LogP contribution is 2.27. The molecule has 0 atom stereocenters. The van der Waals surface area contributed by atoms with Crippen LogP contribution in [0.2, 0.25) is 0 Å². The lowest BCUT2D eigenvalue weighted by atomic mass is 10.2. The van der Waals surface area contributed by atoms with Crippen molar-refractivity contribution in [3.05, 3.63) is 40.0 Å². The number of benzene rings is 1. The molecule has 1 aliphatic rings. The molecule has 0 spiro atoms. The molecule has 0 radical (unpaired) electrons. The van der Waals surface area contributed by atoms with Gasteiger partial charge in [-0.15, -0.1) is 0 Å². The summed E-state index contributed by atoms with van der Waals surface area (Å²) in [7, 11) is 0. The van der Waals surface area contributed by atoms with E-state index in [2.05, 4.69) is 26.3 Å². The van der Waals surface area contributed by atoms with Crippen LogP contribution in [0.5, 0.6) is 0 Å². The zero-order valence-corrected chi connectivity index (χ0v) is 10.2. The first-order valence-corrected chi connectivity index (χ1v) is 5.88. The second-order valence-corrected chi connectivity index (χ2v) is 4.63. The Morgan fingerprint density at radius 1 is 1.31 bits per heavy atom. The monoisotopic (exact) mass is 278 g/mol. The molecule has 0 amide bonds. The summed E-state index contributed by atoms with van der Waals surface area (Å²) in [4.78, 5) is 0. The van der Waals surface area contributed by atoms with Crippen molar-refractivity contribution in [3.63, 3.8) is 0 Å². The number of anilines is 1. The normalized spacial score (nSPS) is 14.1. The summed E-state index contributed by atoms with van der Waals surface area (Å²) in [6.45, 7) is 1.63. The van der Waals surface area contributed by atoms with Crippen LogP contribution >= 0.6 is 15.9 Å². The van der Waals surface area contributed by atoms with E-state index in [1.807, 2.05) is 28.9 Å². The van der Waals surface area contributed by atoms with E-state index in [-0.39, 0.29) is 0 Å². The first kappa shape index (κ1) is 9.86. The van der Waals surface area contributed by atoms with Gasteiger partial charge >= 0.3 is 0 Å². The first-order valence-electron chi connectivity index (χ1n) is 5.09. The molecule has 0 fully saturated rings. The molecule has 1 aromatic heterocycles. The van der Waals surface area contributed by atoms with E-state index in [1.54, 1.807) is 0 Å². The van der Waals surface area contributed by atoms with Crippen LogP contribution in [0.1, 0.15) is 11.3 Å². The van der Waals surface area contributed by atoms with Crippen molar-refractivity contribution in [2.45, 2.75) is 13.1 Å². The van der Waals surface area contributed by atoms with Gasteiger partial charge in [-0.05, 0) is 28.1 Å². The predicted octanol–water partition coefficient (Wildman–Crippen LogP) is 1.82. The number of rotatable bonds is 1. The highest BCUT2D eigenvalue weighted by atomic mass is 79.9. The molecule has 3 N–H and O–H groups in total.